The molecule has 1 N–H and O–H groups in total. The van der Waals surface area contributed by atoms with E-state index in [-0.39, 0.29) is 6.61 Å². The largest absolute Gasteiger partial charge is 0.392 e. The van der Waals surface area contributed by atoms with E-state index in [0.29, 0.717) is 5.41 Å². The average Bonchev–Trinajstić information content (AvgIpc) is 2.73. The highest BCUT2D eigenvalue weighted by atomic mass is 16.3. The Morgan fingerprint density at radius 1 is 1.41 bits per heavy atom. The van der Waals surface area contributed by atoms with E-state index in [9.17, 15) is 0 Å². The van der Waals surface area contributed by atoms with Gasteiger partial charge in [-0.1, -0.05) is 44.1 Å². The van der Waals surface area contributed by atoms with Crippen LogP contribution < -0.4 is 0 Å². The molecule has 1 unspecified atom stereocenters. The number of allylic oxidation sites excluding steroid dienone is 3. The Labute approximate surface area is 107 Å². The Hall–Kier alpha value is -0.560. The molecule has 1 atom stereocenters. The minimum atomic E-state index is 0.200. The van der Waals surface area contributed by atoms with Gasteiger partial charge in [-0.05, 0) is 50.4 Å². The molecule has 0 aliphatic heterocycles. The Morgan fingerprint density at radius 3 is 2.53 bits per heavy atom. The highest BCUT2D eigenvalue weighted by Gasteiger charge is 2.40. The van der Waals surface area contributed by atoms with E-state index in [1.165, 1.54) is 25.7 Å². The SMILES string of the molecule is CCC1=CCC(C/C=C(\C)CO)C1(CC)CC. The Bertz CT molecular complexity index is 295. The van der Waals surface area contributed by atoms with E-state index in [2.05, 4.69) is 32.9 Å². The predicted octanol–water partition coefficient (Wildman–Crippen LogP) is 4.48. The van der Waals surface area contributed by atoms with Gasteiger partial charge in [0.15, 0.2) is 0 Å². The number of aliphatic hydroxyl groups is 1. The van der Waals surface area contributed by atoms with Crippen LogP contribution in [-0.2, 0) is 0 Å². The van der Waals surface area contributed by atoms with E-state index in [0.717, 1.165) is 17.9 Å². The van der Waals surface area contributed by atoms with Crippen LogP contribution in [0, 0.1) is 11.3 Å². The van der Waals surface area contributed by atoms with Gasteiger partial charge >= 0.3 is 0 Å². The molecule has 0 saturated heterocycles. The molecule has 0 heterocycles. The van der Waals surface area contributed by atoms with E-state index in [1.807, 2.05) is 6.92 Å². The molecule has 0 aromatic rings. The van der Waals surface area contributed by atoms with E-state index in [4.69, 9.17) is 5.11 Å². The lowest BCUT2D eigenvalue weighted by molar-refractivity contribution is 0.211. The quantitative estimate of drug-likeness (QED) is 0.674. The van der Waals surface area contributed by atoms with Crippen molar-refractivity contribution >= 4 is 0 Å². The zero-order valence-corrected chi connectivity index (χ0v) is 11.9. The van der Waals surface area contributed by atoms with Gasteiger partial charge in [-0.2, -0.15) is 0 Å². The summed E-state index contributed by atoms with van der Waals surface area (Å²) in [6.45, 7) is 9.15. The second-order valence-corrected chi connectivity index (χ2v) is 5.32. The predicted molar refractivity (Wildman–Crippen MR) is 75.0 cm³/mol. The van der Waals surface area contributed by atoms with Crippen molar-refractivity contribution in [3.05, 3.63) is 23.3 Å². The third-order valence-corrected chi connectivity index (χ3v) is 4.71. The van der Waals surface area contributed by atoms with Crippen molar-refractivity contribution < 1.29 is 5.11 Å². The lowest BCUT2D eigenvalue weighted by Gasteiger charge is -2.37. The van der Waals surface area contributed by atoms with Crippen LogP contribution in [0.25, 0.3) is 0 Å². The fourth-order valence-electron chi connectivity index (χ4n) is 3.48. The molecule has 17 heavy (non-hydrogen) atoms. The number of hydrogen-bond donors (Lipinski definition) is 1. The normalized spacial score (nSPS) is 23.9. The summed E-state index contributed by atoms with van der Waals surface area (Å²) in [5.41, 5.74) is 3.21. The maximum atomic E-state index is 9.07. The van der Waals surface area contributed by atoms with E-state index >= 15 is 0 Å². The number of aliphatic hydroxyl groups excluding tert-OH is 1. The molecule has 1 aliphatic carbocycles. The van der Waals surface area contributed by atoms with Crippen molar-refractivity contribution in [2.45, 2.75) is 59.8 Å². The van der Waals surface area contributed by atoms with E-state index in [1.54, 1.807) is 5.57 Å². The average molecular weight is 236 g/mol. The van der Waals surface area contributed by atoms with Crippen LogP contribution in [-0.4, -0.2) is 11.7 Å². The molecule has 1 nitrogen and oxygen atoms in total. The molecule has 1 aliphatic rings. The van der Waals surface area contributed by atoms with Crippen LogP contribution in [0.5, 0.6) is 0 Å². The summed E-state index contributed by atoms with van der Waals surface area (Å²) in [5, 5.41) is 9.07. The van der Waals surface area contributed by atoms with Crippen molar-refractivity contribution in [2.75, 3.05) is 6.61 Å². The molecule has 0 aromatic carbocycles. The Balaban J connectivity index is 2.81. The minimum Gasteiger partial charge on any atom is -0.392 e. The molecule has 1 rings (SSSR count). The summed E-state index contributed by atoms with van der Waals surface area (Å²) in [5.74, 6) is 0.744. The van der Waals surface area contributed by atoms with Crippen molar-refractivity contribution in [2.24, 2.45) is 11.3 Å². The van der Waals surface area contributed by atoms with Crippen molar-refractivity contribution in [1.82, 2.24) is 0 Å². The topological polar surface area (TPSA) is 20.2 Å². The lowest BCUT2D eigenvalue weighted by Crippen LogP contribution is -2.27. The first-order chi connectivity index (χ1) is 8.14. The third kappa shape index (κ3) is 2.82. The summed E-state index contributed by atoms with van der Waals surface area (Å²) in [6.07, 6.45) is 10.7. The fraction of sp³-hybridized carbons (Fsp3) is 0.750. The summed E-state index contributed by atoms with van der Waals surface area (Å²) in [7, 11) is 0. The first kappa shape index (κ1) is 14.5. The molecule has 1 heteroatoms. The van der Waals surface area contributed by atoms with Crippen LogP contribution in [0.3, 0.4) is 0 Å². The second kappa shape index (κ2) is 6.39. The van der Waals surface area contributed by atoms with Crippen LogP contribution in [0.4, 0.5) is 0 Å². The van der Waals surface area contributed by atoms with Gasteiger partial charge in [-0.15, -0.1) is 0 Å². The molecular formula is C16H28O. The Morgan fingerprint density at radius 2 is 2.06 bits per heavy atom. The smallest absolute Gasteiger partial charge is 0.0639 e. The van der Waals surface area contributed by atoms with Gasteiger partial charge in [0.2, 0.25) is 0 Å². The molecule has 0 spiro atoms. The van der Waals surface area contributed by atoms with Gasteiger partial charge in [-0.3, -0.25) is 0 Å². The summed E-state index contributed by atoms with van der Waals surface area (Å²) < 4.78 is 0. The lowest BCUT2D eigenvalue weighted by atomic mass is 9.68. The van der Waals surface area contributed by atoms with Gasteiger partial charge in [-0.25, -0.2) is 0 Å². The van der Waals surface area contributed by atoms with Gasteiger partial charge < -0.3 is 5.11 Å². The maximum absolute atomic E-state index is 9.07. The third-order valence-electron chi connectivity index (χ3n) is 4.71. The summed E-state index contributed by atoms with van der Waals surface area (Å²) in [6, 6.07) is 0. The first-order valence-electron chi connectivity index (χ1n) is 7.10. The Kier molecular flexibility index (Phi) is 5.45. The van der Waals surface area contributed by atoms with E-state index < -0.39 is 0 Å². The van der Waals surface area contributed by atoms with Crippen LogP contribution >= 0.6 is 0 Å². The van der Waals surface area contributed by atoms with Gasteiger partial charge in [0, 0.05) is 0 Å². The van der Waals surface area contributed by atoms with Crippen molar-refractivity contribution in [1.29, 1.82) is 0 Å². The molecule has 0 radical (unpaired) electrons. The highest BCUT2D eigenvalue weighted by Crippen LogP contribution is 2.51. The minimum absolute atomic E-state index is 0.200. The zero-order valence-electron chi connectivity index (χ0n) is 11.9. The van der Waals surface area contributed by atoms with Gasteiger partial charge in [0.25, 0.3) is 0 Å². The molecule has 0 saturated carbocycles. The number of rotatable bonds is 6. The first-order valence-corrected chi connectivity index (χ1v) is 7.10. The van der Waals surface area contributed by atoms with Gasteiger partial charge in [0.05, 0.1) is 6.61 Å². The molecule has 0 aromatic heterocycles. The van der Waals surface area contributed by atoms with Crippen molar-refractivity contribution in [3.63, 3.8) is 0 Å². The summed E-state index contributed by atoms with van der Waals surface area (Å²) in [4.78, 5) is 0. The highest BCUT2D eigenvalue weighted by molar-refractivity contribution is 5.23. The molecule has 0 bridgehead atoms. The monoisotopic (exact) mass is 236 g/mol. The molecule has 0 fully saturated rings. The maximum Gasteiger partial charge on any atom is 0.0639 e. The van der Waals surface area contributed by atoms with Gasteiger partial charge in [0.1, 0.15) is 0 Å². The number of hydrogen-bond acceptors (Lipinski definition) is 1. The fourth-order valence-corrected chi connectivity index (χ4v) is 3.48. The zero-order chi connectivity index (χ0) is 12.9. The van der Waals surface area contributed by atoms with Crippen LogP contribution in [0.2, 0.25) is 0 Å². The van der Waals surface area contributed by atoms with Crippen LogP contribution in [0.1, 0.15) is 59.8 Å². The molecule has 0 amide bonds. The summed E-state index contributed by atoms with van der Waals surface area (Å²) >= 11 is 0. The van der Waals surface area contributed by atoms with Crippen LogP contribution in [0.15, 0.2) is 23.3 Å². The molecular weight excluding hydrogens is 208 g/mol. The second-order valence-electron chi connectivity index (χ2n) is 5.32. The molecule has 98 valence electrons. The standard InChI is InChI=1S/C16H28O/c1-5-14-10-11-15(9-8-13(4)12-17)16(14,6-2)7-3/h8,10,15,17H,5-7,9,11-12H2,1-4H3/b13-8+. The van der Waals surface area contributed by atoms with Crippen molar-refractivity contribution in [3.8, 4) is 0 Å².